The first-order valence-corrected chi connectivity index (χ1v) is 13.7. The van der Waals surface area contributed by atoms with Gasteiger partial charge in [0.2, 0.25) is 11.1 Å². The predicted octanol–water partition coefficient (Wildman–Crippen LogP) is 6.27. The molecular weight excluding hydrogens is 542 g/mol. The number of nitrogens with one attached hydrogen (secondary N) is 2. The molecule has 1 aromatic heterocycles. The maximum Gasteiger partial charge on any atom is 0.255 e. The number of ether oxygens (including phenoxy) is 2. The number of anilines is 2. The van der Waals surface area contributed by atoms with E-state index in [-0.39, 0.29) is 5.91 Å². The minimum Gasteiger partial charge on any atom is -0.492 e. The van der Waals surface area contributed by atoms with E-state index in [0.29, 0.717) is 46.2 Å². The lowest BCUT2D eigenvalue weighted by Crippen LogP contribution is -2.31. The number of methoxy groups -OCH3 is 1. The SMILES string of the molecule is CCCCSc1nc2n(n1)C(c1cc(Br)c(OC)c(OCC)c1)C(C(=O)Nc1ccccc1)=C(C)N2. The highest BCUT2D eigenvalue weighted by atomic mass is 79.9. The number of para-hydroxylation sites is 1. The lowest BCUT2D eigenvalue weighted by molar-refractivity contribution is -0.113. The van der Waals surface area contributed by atoms with Crippen LogP contribution in [0.4, 0.5) is 11.6 Å². The van der Waals surface area contributed by atoms with E-state index in [0.717, 1.165) is 28.6 Å². The van der Waals surface area contributed by atoms with Crippen LogP contribution in [0.25, 0.3) is 0 Å². The molecule has 0 spiro atoms. The summed E-state index contributed by atoms with van der Waals surface area (Å²) in [5, 5.41) is 11.8. The van der Waals surface area contributed by atoms with E-state index >= 15 is 0 Å². The van der Waals surface area contributed by atoms with E-state index in [1.54, 1.807) is 23.6 Å². The summed E-state index contributed by atoms with van der Waals surface area (Å²) < 4.78 is 13.9. The van der Waals surface area contributed by atoms with Gasteiger partial charge in [-0.05, 0) is 66.0 Å². The molecule has 0 saturated carbocycles. The summed E-state index contributed by atoms with van der Waals surface area (Å²) in [5.41, 5.74) is 2.79. The highest BCUT2D eigenvalue weighted by molar-refractivity contribution is 9.10. The van der Waals surface area contributed by atoms with E-state index in [9.17, 15) is 4.79 Å². The van der Waals surface area contributed by atoms with Gasteiger partial charge in [-0.2, -0.15) is 4.98 Å². The van der Waals surface area contributed by atoms with Crippen molar-refractivity contribution in [2.75, 3.05) is 30.1 Å². The van der Waals surface area contributed by atoms with Crippen LogP contribution in [-0.4, -0.2) is 40.1 Å². The van der Waals surface area contributed by atoms with Crippen LogP contribution in [0.3, 0.4) is 0 Å². The first-order chi connectivity index (χ1) is 17.5. The predicted molar refractivity (Wildman–Crippen MR) is 147 cm³/mol. The van der Waals surface area contributed by atoms with E-state index in [2.05, 4.69) is 33.5 Å². The molecule has 1 unspecified atom stereocenters. The molecule has 2 aromatic carbocycles. The van der Waals surface area contributed by atoms with Gasteiger partial charge in [-0.15, -0.1) is 5.10 Å². The summed E-state index contributed by atoms with van der Waals surface area (Å²) in [6.45, 7) is 6.44. The van der Waals surface area contributed by atoms with Crippen molar-refractivity contribution < 1.29 is 14.3 Å². The second-order valence-electron chi connectivity index (χ2n) is 8.22. The second kappa shape index (κ2) is 11.8. The fraction of sp³-hybridized carbons (Fsp3) is 0.346. The van der Waals surface area contributed by atoms with Crippen molar-refractivity contribution in [3.63, 3.8) is 0 Å². The topological polar surface area (TPSA) is 90.3 Å². The van der Waals surface area contributed by atoms with Crippen LogP contribution in [-0.2, 0) is 4.79 Å². The molecule has 8 nitrogen and oxygen atoms in total. The molecule has 0 bridgehead atoms. The van der Waals surface area contributed by atoms with Crippen LogP contribution < -0.4 is 20.1 Å². The van der Waals surface area contributed by atoms with Crippen molar-refractivity contribution >= 4 is 45.2 Å². The monoisotopic (exact) mass is 571 g/mol. The molecule has 36 heavy (non-hydrogen) atoms. The number of hydrogen-bond acceptors (Lipinski definition) is 7. The number of thioether (sulfide) groups is 1. The average Bonchev–Trinajstić information content (AvgIpc) is 3.26. The minimum absolute atomic E-state index is 0.220. The molecule has 3 aromatic rings. The highest BCUT2D eigenvalue weighted by Gasteiger charge is 2.35. The highest BCUT2D eigenvalue weighted by Crippen LogP contribution is 2.43. The molecule has 2 N–H and O–H groups in total. The van der Waals surface area contributed by atoms with Gasteiger partial charge in [0, 0.05) is 17.1 Å². The average molecular weight is 573 g/mol. The molecule has 0 saturated heterocycles. The lowest BCUT2D eigenvalue weighted by Gasteiger charge is -2.29. The first-order valence-electron chi connectivity index (χ1n) is 11.9. The number of aromatic nitrogens is 3. The molecule has 4 rings (SSSR count). The number of fused-ring (bicyclic) bond motifs is 1. The Labute approximate surface area is 224 Å². The third kappa shape index (κ3) is 5.54. The molecule has 0 aliphatic carbocycles. The number of halogens is 1. The van der Waals surface area contributed by atoms with Crippen LogP contribution >= 0.6 is 27.7 Å². The second-order valence-corrected chi connectivity index (χ2v) is 10.1. The van der Waals surface area contributed by atoms with Crippen molar-refractivity contribution in [2.24, 2.45) is 0 Å². The van der Waals surface area contributed by atoms with Crippen molar-refractivity contribution in [3.05, 3.63) is 63.8 Å². The van der Waals surface area contributed by atoms with Crippen LogP contribution in [0.1, 0.15) is 45.2 Å². The molecule has 1 aliphatic heterocycles. The Morgan fingerprint density at radius 1 is 1.25 bits per heavy atom. The molecule has 1 aliphatic rings. The number of amides is 1. The Kier molecular flexibility index (Phi) is 8.58. The molecule has 1 atom stereocenters. The van der Waals surface area contributed by atoms with E-state index < -0.39 is 6.04 Å². The molecule has 10 heteroatoms. The summed E-state index contributed by atoms with van der Waals surface area (Å²) in [4.78, 5) is 18.4. The minimum atomic E-state index is -0.528. The van der Waals surface area contributed by atoms with Gasteiger partial charge in [-0.25, -0.2) is 4.68 Å². The number of hydrogen-bond donors (Lipinski definition) is 2. The molecular formula is C26H30BrN5O3S. The molecule has 190 valence electrons. The van der Waals surface area contributed by atoms with Gasteiger partial charge in [0.25, 0.3) is 5.91 Å². The molecule has 0 radical (unpaired) electrons. The van der Waals surface area contributed by atoms with Crippen LogP contribution in [0, 0.1) is 0 Å². The van der Waals surface area contributed by atoms with Crippen LogP contribution in [0.15, 0.2) is 63.4 Å². The van der Waals surface area contributed by atoms with Gasteiger partial charge in [0.05, 0.1) is 23.8 Å². The number of benzene rings is 2. The summed E-state index contributed by atoms with van der Waals surface area (Å²) in [7, 11) is 1.60. The maximum atomic E-state index is 13.7. The Morgan fingerprint density at radius 3 is 2.72 bits per heavy atom. The van der Waals surface area contributed by atoms with Gasteiger partial charge >= 0.3 is 0 Å². The van der Waals surface area contributed by atoms with Crippen molar-refractivity contribution in [3.8, 4) is 11.5 Å². The smallest absolute Gasteiger partial charge is 0.255 e. The molecule has 1 amide bonds. The Morgan fingerprint density at radius 2 is 2.03 bits per heavy atom. The van der Waals surface area contributed by atoms with Crippen LogP contribution in [0.5, 0.6) is 11.5 Å². The Hall–Kier alpha value is -2.98. The number of rotatable bonds is 10. The fourth-order valence-electron chi connectivity index (χ4n) is 4.03. The standard InChI is InChI=1S/C26H30BrN5O3S/c1-5-7-13-36-26-30-25-28-16(3)21(24(33)29-18-11-9-8-10-12-18)22(32(25)31-26)17-14-19(27)23(34-4)20(15-17)35-6-2/h8-12,14-15,22H,5-7,13H2,1-4H3,(H,29,33)(H,28,30,31). The Bertz CT molecular complexity index is 1260. The summed E-state index contributed by atoms with van der Waals surface area (Å²) >= 11 is 5.23. The molecule has 0 fully saturated rings. The van der Waals surface area contributed by atoms with Crippen molar-refractivity contribution in [1.29, 1.82) is 0 Å². The van der Waals surface area contributed by atoms with Gasteiger partial charge in [-0.1, -0.05) is 43.3 Å². The summed E-state index contributed by atoms with van der Waals surface area (Å²) in [6, 6.07) is 12.7. The third-order valence-corrected chi connectivity index (χ3v) is 7.20. The number of unbranched alkanes of at least 4 members (excludes halogenated alkanes) is 1. The zero-order valence-electron chi connectivity index (χ0n) is 20.8. The number of carbonyl (C=O) groups excluding carboxylic acids is 1. The van der Waals surface area contributed by atoms with Gasteiger partial charge in [-0.3, -0.25) is 4.79 Å². The van der Waals surface area contributed by atoms with E-state index in [4.69, 9.17) is 19.6 Å². The Balaban J connectivity index is 1.81. The third-order valence-electron chi connectivity index (χ3n) is 5.69. The maximum absolute atomic E-state index is 13.7. The largest absolute Gasteiger partial charge is 0.492 e. The lowest BCUT2D eigenvalue weighted by atomic mass is 9.94. The fourth-order valence-corrected chi connectivity index (χ4v) is 5.56. The number of nitrogens with zero attached hydrogens (tertiary/aromatic N) is 3. The zero-order valence-corrected chi connectivity index (χ0v) is 23.2. The van der Waals surface area contributed by atoms with Crippen molar-refractivity contribution in [2.45, 2.75) is 44.8 Å². The van der Waals surface area contributed by atoms with Crippen LogP contribution in [0.2, 0.25) is 0 Å². The number of carbonyl (C=O) groups is 1. The van der Waals surface area contributed by atoms with Crippen molar-refractivity contribution in [1.82, 2.24) is 14.8 Å². The van der Waals surface area contributed by atoms with E-state index in [1.165, 1.54) is 0 Å². The quantitative estimate of drug-likeness (QED) is 0.219. The zero-order chi connectivity index (χ0) is 25.7. The molecule has 2 heterocycles. The first kappa shape index (κ1) is 26.1. The van der Waals surface area contributed by atoms with Gasteiger partial charge in [0.15, 0.2) is 11.5 Å². The number of allylic oxidation sites excluding steroid dienone is 1. The van der Waals surface area contributed by atoms with E-state index in [1.807, 2.05) is 56.3 Å². The summed E-state index contributed by atoms with van der Waals surface area (Å²) in [6.07, 6.45) is 2.18. The van der Waals surface area contributed by atoms with Gasteiger partial charge in [0.1, 0.15) is 6.04 Å². The summed E-state index contributed by atoms with van der Waals surface area (Å²) in [5.74, 6) is 2.49. The van der Waals surface area contributed by atoms with Gasteiger partial charge < -0.3 is 20.1 Å². The normalized spacial score (nSPS) is 14.8.